The van der Waals surface area contributed by atoms with Gasteiger partial charge in [-0.05, 0) is 24.2 Å². The third-order valence-corrected chi connectivity index (χ3v) is 2.96. The number of aromatic nitrogens is 4. The van der Waals surface area contributed by atoms with Gasteiger partial charge in [-0.25, -0.2) is 9.97 Å². The minimum absolute atomic E-state index is 0.844. The molecule has 2 rings (SSSR count). The van der Waals surface area contributed by atoms with Crippen LogP contribution >= 0.6 is 0 Å². The molecule has 0 unspecified atom stereocenters. The van der Waals surface area contributed by atoms with Crippen LogP contribution in [0, 0.1) is 0 Å². The third kappa shape index (κ3) is 3.17. The average Bonchev–Trinajstić information content (AvgIpc) is 2.89. The highest BCUT2D eigenvalue weighted by atomic mass is 15.4. The van der Waals surface area contributed by atoms with Crippen LogP contribution in [-0.2, 0) is 19.4 Å². The van der Waals surface area contributed by atoms with Gasteiger partial charge in [0.15, 0.2) is 11.6 Å². The smallest absolute Gasteiger partial charge is 0.155 e. The molecule has 0 aliphatic carbocycles. The van der Waals surface area contributed by atoms with E-state index in [2.05, 4.69) is 47.2 Å². The molecule has 5 heteroatoms. The Bertz CT molecular complexity index is 532. The van der Waals surface area contributed by atoms with Gasteiger partial charge in [0.25, 0.3) is 0 Å². The van der Waals surface area contributed by atoms with E-state index in [1.165, 1.54) is 5.56 Å². The fourth-order valence-corrected chi connectivity index (χ4v) is 1.91. The first kappa shape index (κ1) is 13.7. The van der Waals surface area contributed by atoms with Crippen LogP contribution in [0.1, 0.15) is 38.0 Å². The van der Waals surface area contributed by atoms with Gasteiger partial charge in [-0.15, -0.1) is 5.10 Å². The summed E-state index contributed by atoms with van der Waals surface area (Å²) < 4.78 is 1.86. The predicted molar refractivity (Wildman–Crippen MR) is 75.3 cm³/mol. The number of hydrogen-bond acceptors (Lipinski definition) is 4. The van der Waals surface area contributed by atoms with Crippen molar-refractivity contribution in [3.8, 4) is 5.82 Å². The van der Waals surface area contributed by atoms with Crippen LogP contribution in [0.25, 0.3) is 5.82 Å². The lowest BCUT2D eigenvalue weighted by Gasteiger charge is -2.06. The number of nitrogens with zero attached hydrogens (tertiary/aromatic N) is 4. The van der Waals surface area contributed by atoms with E-state index in [-0.39, 0.29) is 0 Å². The molecule has 2 aromatic heterocycles. The van der Waals surface area contributed by atoms with Gasteiger partial charge in [0.2, 0.25) is 0 Å². The van der Waals surface area contributed by atoms with Crippen LogP contribution in [0.4, 0.5) is 0 Å². The highest BCUT2D eigenvalue weighted by Gasteiger charge is 2.10. The third-order valence-electron chi connectivity index (χ3n) is 2.96. The lowest BCUT2D eigenvalue weighted by molar-refractivity contribution is 0.719. The van der Waals surface area contributed by atoms with Crippen molar-refractivity contribution in [2.24, 2.45) is 0 Å². The summed E-state index contributed by atoms with van der Waals surface area (Å²) >= 11 is 0. The summed E-state index contributed by atoms with van der Waals surface area (Å²) in [5.41, 5.74) is 1.21. The van der Waals surface area contributed by atoms with Gasteiger partial charge in [0.1, 0.15) is 5.82 Å². The predicted octanol–water partition coefficient (Wildman–Crippen LogP) is 1.90. The summed E-state index contributed by atoms with van der Waals surface area (Å²) in [5, 5.41) is 7.83. The van der Waals surface area contributed by atoms with Crippen molar-refractivity contribution in [1.29, 1.82) is 0 Å². The fourth-order valence-electron chi connectivity index (χ4n) is 1.91. The Kier molecular flexibility index (Phi) is 4.63. The lowest BCUT2D eigenvalue weighted by atomic mass is 10.2. The molecule has 102 valence electrons. The van der Waals surface area contributed by atoms with Crippen LogP contribution in [0.2, 0.25) is 0 Å². The van der Waals surface area contributed by atoms with Gasteiger partial charge < -0.3 is 5.32 Å². The molecule has 0 radical (unpaired) electrons. The first-order chi connectivity index (χ1) is 9.28. The lowest BCUT2D eigenvalue weighted by Crippen LogP contribution is -2.12. The quantitative estimate of drug-likeness (QED) is 0.861. The Hall–Kier alpha value is -1.75. The van der Waals surface area contributed by atoms with E-state index in [0.717, 1.165) is 43.4 Å². The fraction of sp³-hybridized carbons (Fsp3) is 0.500. The van der Waals surface area contributed by atoms with Crippen LogP contribution in [0.5, 0.6) is 0 Å². The second-order valence-electron chi connectivity index (χ2n) is 4.37. The van der Waals surface area contributed by atoms with Crippen molar-refractivity contribution in [1.82, 2.24) is 25.1 Å². The molecule has 0 atom stereocenters. The molecule has 19 heavy (non-hydrogen) atoms. The van der Waals surface area contributed by atoms with Crippen molar-refractivity contribution < 1.29 is 0 Å². The zero-order valence-corrected chi connectivity index (χ0v) is 11.8. The van der Waals surface area contributed by atoms with Crippen molar-refractivity contribution >= 4 is 0 Å². The number of hydrogen-bond donors (Lipinski definition) is 1. The van der Waals surface area contributed by atoms with E-state index in [1.807, 2.05) is 16.9 Å². The molecule has 2 aromatic rings. The Morgan fingerprint density at radius 1 is 1.21 bits per heavy atom. The Balaban J connectivity index is 2.32. The van der Waals surface area contributed by atoms with Crippen LogP contribution in [0.15, 0.2) is 18.3 Å². The van der Waals surface area contributed by atoms with Gasteiger partial charge >= 0.3 is 0 Å². The molecule has 0 fully saturated rings. The SMILES string of the molecule is CCNCc1ccnc(-n2nc(CC)nc2CC)c1. The minimum atomic E-state index is 0.844. The summed E-state index contributed by atoms with van der Waals surface area (Å²) in [7, 11) is 0. The van der Waals surface area contributed by atoms with Gasteiger partial charge in [-0.1, -0.05) is 20.8 Å². The molecule has 0 bridgehead atoms. The highest BCUT2D eigenvalue weighted by molar-refractivity contribution is 5.28. The zero-order valence-electron chi connectivity index (χ0n) is 11.8. The zero-order chi connectivity index (χ0) is 13.7. The molecular weight excluding hydrogens is 238 g/mol. The van der Waals surface area contributed by atoms with E-state index < -0.39 is 0 Å². The monoisotopic (exact) mass is 259 g/mol. The number of rotatable bonds is 6. The van der Waals surface area contributed by atoms with Crippen LogP contribution < -0.4 is 5.32 Å². The normalized spacial score (nSPS) is 10.9. The first-order valence-electron chi connectivity index (χ1n) is 6.89. The molecule has 5 nitrogen and oxygen atoms in total. The maximum atomic E-state index is 4.51. The molecule has 0 aliphatic heterocycles. The van der Waals surface area contributed by atoms with E-state index in [0.29, 0.717) is 0 Å². The van der Waals surface area contributed by atoms with Crippen molar-refractivity contribution in [2.45, 2.75) is 40.2 Å². The molecule has 2 heterocycles. The molecule has 0 spiro atoms. The molecule has 0 saturated carbocycles. The number of pyridine rings is 1. The topological polar surface area (TPSA) is 55.6 Å². The van der Waals surface area contributed by atoms with Gasteiger partial charge in [-0.3, -0.25) is 0 Å². The van der Waals surface area contributed by atoms with Crippen LogP contribution in [-0.4, -0.2) is 26.3 Å². The van der Waals surface area contributed by atoms with Crippen molar-refractivity contribution in [3.05, 3.63) is 35.5 Å². The second-order valence-corrected chi connectivity index (χ2v) is 4.37. The molecule has 0 aromatic carbocycles. The summed E-state index contributed by atoms with van der Waals surface area (Å²) in [6.07, 6.45) is 3.53. The van der Waals surface area contributed by atoms with E-state index in [1.54, 1.807) is 0 Å². The van der Waals surface area contributed by atoms with Crippen LogP contribution in [0.3, 0.4) is 0 Å². The highest BCUT2D eigenvalue weighted by Crippen LogP contribution is 2.10. The Morgan fingerprint density at radius 2 is 2.05 bits per heavy atom. The van der Waals surface area contributed by atoms with E-state index in [9.17, 15) is 0 Å². The first-order valence-corrected chi connectivity index (χ1v) is 6.89. The van der Waals surface area contributed by atoms with E-state index in [4.69, 9.17) is 0 Å². The second kappa shape index (κ2) is 6.43. The maximum absolute atomic E-state index is 4.51. The molecule has 0 aliphatic rings. The summed E-state index contributed by atoms with van der Waals surface area (Å²) in [5.74, 6) is 2.68. The Labute approximate surface area is 114 Å². The largest absolute Gasteiger partial charge is 0.313 e. The summed E-state index contributed by atoms with van der Waals surface area (Å²) in [6.45, 7) is 8.06. The Morgan fingerprint density at radius 3 is 2.74 bits per heavy atom. The minimum Gasteiger partial charge on any atom is -0.313 e. The van der Waals surface area contributed by atoms with Crippen molar-refractivity contribution in [2.75, 3.05) is 6.54 Å². The number of aryl methyl sites for hydroxylation is 2. The summed E-state index contributed by atoms with van der Waals surface area (Å²) in [4.78, 5) is 8.92. The standard InChI is InChI=1S/C14H21N5/c1-4-12-17-13(5-2)19(18-12)14-9-11(7-8-16-14)10-15-6-3/h7-9,15H,4-6,10H2,1-3H3. The summed E-state index contributed by atoms with van der Waals surface area (Å²) in [6, 6.07) is 4.09. The van der Waals surface area contributed by atoms with Gasteiger partial charge in [0, 0.05) is 25.6 Å². The molecule has 0 amide bonds. The van der Waals surface area contributed by atoms with Gasteiger partial charge in [-0.2, -0.15) is 4.68 Å². The van der Waals surface area contributed by atoms with Gasteiger partial charge in [0.05, 0.1) is 0 Å². The van der Waals surface area contributed by atoms with Crippen molar-refractivity contribution in [3.63, 3.8) is 0 Å². The van der Waals surface area contributed by atoms with E-state index >= 15 is 0 Å². The average molecular weight is 259 g/mol. The number of nitrogens with one attached hydrogen (secondary N) is 1. The molecule has 1 N–H and O–H groups in total. The molecule has 0 saturated heterocycles. The molecular formula is C14H21N5. The maximum Gasteiger partial charge on any atom is 0.155 e.